The van der Waals surface area contributed by atoms with Crippen LogP contribution in [0.3, 0.4) is 0 Å². The van der Waals surface area contributed by atoms with Crippen LogP contribution in [-0.2, 0) is 6.42 Å². The lowest BCUT2D eigenvalue weighted by molar-refractivity contribution is 0.247. The maximum atomic E-state index is 8.81. The minimum absolute atomic E-state index is 0.572. The third-order valence-corrected chi connectivity index (χ3v) is 3.10. The summed E-state index contributed by atoms with van der Waals surface area (Å²) in [6.45, 7) is 3.32. The Kier molecular flexibility index (Phi) is 5.66. The number of rotatable bonds is 7. The van der Waals surface area contributed by atoms with E-state index in [4.69, 9.17) is 14.7 Å². The van der Waals surface area contributed by atoms with E-state index in [2.05, 4.69) is 25.1 Å². The van der Waals surface area contributed by atoms with Crippen molar-refractivity contribution in [1.29, 1.82) is 5.26 Å². The zero-order chi connectivity index (χ0) is 14.9. The molecule has 0 aliphatic carbocycles. The van der Waals surface area contributed by atoms with Gasteiger partial charge in [-0.3, -0.25) is 0 Å². The number of nitriles is 1. The van der Waals surface area contributed by atoms with Gasteiger partial charge in [0.2, 0.25) is 0 Å². The van der Waals surface area contributed by atoms with Gasteiger partial charge in [-0.15, -0.1) is 0 Å². The maximum absolute atomic E-state index is 8.81. The Labute approximate surface area is 125 Å². The summed E-state index contributed by atoms with van der Waals surface area (Å²) in [6, 6.07) is 17.4. The van der Waals surface area contributed by atoms with Crippen LogP contribution in [0.2, 0.25) is 0 Å². The summed E-state index contributed by atoms with van der Waals surface area (Å²) < 4.78 is 11.3. The first-order chi connectivity index (χ1) is 10.3. The van der Waals surface area contributed by atoms with Crippen molar-refractivity contribution < 1.29 is 9.47 Å². The van der Waals surface area contributed by atoms with E-state index >= 15 is 0 Å². The Morgan fingerprint density at radius 1 is 0.952 bits per heavy atom. The summed E-state index contributed by atoms with van der Waals surface area (Å²) in [5.41, 5.74) is 1.89. The fourth-order valence-electron chi connectivity index (χ4n) is 1.95. The summed E-state index contributed by atoms with van der Waals surface area (Å²) in [4.78, 5) is 0. The Balaban J connectivity index is 1.71. The second kappa shape index (κ2) is 7.96. The maximum Gasteiger partial charge on any atom is 0.120 e. The molecule has 0 atom stereocenters. The van der Waals surface area contributed by atoms with Crippen molar-refractivity contribution in [1.82, 2.24) is 0 Å². The molecular formula is C18H19NO2. The van der Waals surface area contributed by atoms with Crippen LogP contribution in [0.25, 0.3) is 0 Å². The molecule has 3 heteroatoms. The first-order valence-corrected chi connectivity index (χ1v) is 7.16. The molecule has 0 aliphatic heterocycles. The number of hydrogen-bond donors (Lipinski definition) is 0. The lowest BCUT2D eigenvalue weighted by Gasteiger charge is -2.09. The molecule has 108 valence electrons. The van der Waals surface area contributed by atoms with Crippen molar-refractivity contribution in [3.05, 3.63) is 59.7 Å². The van der Waals surface area contributed by atoms with E-state index in [1.165, 1.54) is 5.56 Å². The highest BCUT2D eigenvalue weighted by molar-refractivity contribution is 5.36. The first-order valence-electron chi connectivity index (χ1n) is 7.16. The molecule has 0 fully saturated rings. The van der Waals surface area contributed by atoms with Crippen molar-refractivity contribution >= 4 is 0 Å². The van der Waals surface area contributed by atoms with Crippen molar-refractivity contribution in [2.75, 3.05) is 13.2 Å². The van der Waals surface area contributed by atoms with Gasteiger partial charge in [-0.05, 0) is 42.3 Å². The number of benzene rings is 2. The van der Waals surface area contributed by atoms with Gasteiger partial charge in [-0.25, -0.2) is 0 Å². The quantitative estimate of drug-likeness (QED) is 0.721. The summed E-state index contributed by atoms with van der Waals surface area (Å²) in [6.07, 6.45) is 1.81. The van der Waals surface area contributed by atoms with E-state index in [1.807, 2.05) is 24.3 Å². The molecular weight excluding hydrogens is 262 g/mol. The summed E-state index contributed by atoms with van der Waals surface area (Å²) in [7, 11) is 0. The second-order valence-corrected chi connectivity index (χ2v) is 4.69. The predicted octanol–water partition coefficient (Wildman–Crippen LogP) is 3.97. The highest BCUT2D eigenvalue weighted by Gasteiger charge is 1.98. The number of hydrogen-bond acceptors (Lipinski definition) is 3. The topological polar surface area (TPSA) is 42.2 Å². The summed E-state index contributed by atoms with van der Waals surface area (Å²) in [5.74, 6) is 1.63. The van der Waals surface area contributed by atoms with Crippen LogP contribution in [0, 0.1) is 11.3 Å². The Hall–Kier alpha value is -2.47. The largest absolute Gasteiger partial charge is 0.493 e. The van der Waals surface area contributed by atoms with Crippen molar-refractivity contribution in [3.8, 4) is 17.6 Å². The molecule has 0 N–H and O–H groups in total. The van der Waals surface area contributed by atoms with Gasteiger partial charge in [0.15, 0.2) is 0 Å². The van der Waals surface area contributed by atoms with Crippen LogP contribution in [0.5, 0.6) is 11.5 Å². The third-order valence-electron chi connectivity index (χ3n) is 3.10. The number of ether oxygens (including phenoxy) is 2. The van der Waals surface area contributed by atoms with E-state index in [9.17, 15) is 0 Å². The van der Waals surface area contributed by atoms with Gasteiger partial charge in [-0.1, -0.05) is 25.1 Å². The standard InChI is InChI=1S/C18H19NO2/c1-2-15-6-3-8-17(12-15)20-10-5-11-21-18-9-4-7-16(13-18)14-19/h3-4,6-9,12-13H,2,5,10-11H2,1H3. The molecule has 0 aromatic heterocycles. The molecule has 0 unspecified atom stereocenters. The van der Waals surface area contributed by atoms with Crippen molar-refractivity contribution in [3.63, 3.8) is 0 Å². The van der Waals surface area contributed by atoms with E-state index in [1.54, 1.807) is 12.1 Å². The van der Waals surface area contributed by atoms with Gasteiger partial charge < -0.3 is 9.47 Å². The van der Waals surface area contributed by atoms with Gasteiger partial charge in [0.25, 0.3) is 0 Å². The zero-order valence-corrected chi connectivity index (χ0v) is 12.2. The summed E-state index contributed by atoms with van der Waals surface area (Å²) in [5, 5.41) is 8.81. The molecule has 0 aliphatic rings. The lowest BCUT2D eigenvalue weighted by Crippen LogP contribution is -2.05. The number of nitrogens with zero attached hydrogens (tertiary/aromatic N) is 1. The van der Waals surface area contributed by atoms with Gasteiger partial charge >= 0.3 is 0 Å². The SMILES string of the molecule is CCc1cccc(OCCCOc2cccc(C#N)c2)c1. The lowest BCUT2D eigenvalue weighted by atomic mass is 10.2. The molecule has 0 heterocycles. The molecule has 0 saturated carbocycles. The van der Waals surface area contributed by atoms with Gasteiger partial charge in [0.05, 0.1) is 24.8 Å². The molecule has 3 nitrogen and oxygen atoms in total. The average Bonchev–Trinajstić information content (AvgIpc) is 2.55. The van der Waals surface area contributed by atoms with E-state index in [0.29, 0.717) is 18.8 Å². The Morgan fingerprint density at radius 2 is 1.62 bits per heavy atom. The van der Waals surface area contributed by atoms with Crippen LogP contribution in [-0.4, -0.2) is 13.2 Å². The highest BCUT2D eigenvalue weighted by atomic mass is 16.5. The van der Waals surface area contributed by atoms with Gasteiger partial charge in [0, 0.05) is 6.42 Å². The molecule has 0 saturated heterocycles. The number of aryl methyl sites for hydroxylation is 1. The minimum Gasteiger partial charge on any atom is -0.493 e. The van der Waals surface area contributed by atoms with E-state index in [0.717, 1.165) is 24.3 Å². The third kappa shape index (κ3) is 4.85. The highest BCUT2D eigenvalue weighted by Crippen LogP contribution is 2.15. The van der Waals surface area contributed by atoms with Gasteiger partial charge in [-0.2, -0.15) is 5.26 Å². The monoisotopic (exact) mass is 281 g/mol. The van der Waals surface area contributed by atoms with Gasteiger partial charge in [0.1, 0.15) is 11.5 Å². The van der Waals surface area contributed by atoms with Crippen molar-refractivity contribution in [2.24, 2.45) is 0 Å². The zero-order valence-electron chi connectivity index (χ0n) is 12.2. The summed E-state index contributed by atoms with van der Waals surface area (Å²) >= 11 is 0. The first kappa shape index (κ1) is 14.9. The Morgan fingerprint density at radius 3 is 2.29 bits per heavy atom. The molecule has 0 bridgehead atoms. The van der Waals surface area contributed by atoms with Crippen LogP contribution in [0.1, 0.15) is 24.5 Å². The molecule has 21 heavy (non-hydrogen) atoms. The second-order valence-electron chi connectivity index (χ2n) is 4.69. The molecule has 2 aromatic rings. The fourth-order valence-corrected chi connectivity index (χ4v) is 1.95. The van der Waals surface area contributed by atoms with Crippen LogP contribution < -0.4 is 9.47 Å². The molecule has 2 aromatic carbocycles. The minimum atomic E-state index is 0.572. The predicted molar refractivity (Wildman–Crippen MR) is 82.6 cm³/mol. The van der Waals surface area contributed by atoms with Crippen LogP contribution in [0.15, 0.2) is 48.5 Å². The Bertz CT molecular complexity index is 617. The molecule has 0 spiro atoms. The van der Waals surface area contributed by atoms with Crippen LogP contribution in [0.4, 0.5) is 0 Å². The van der Waals surface area contributed by atoms with Crippen LogP contribution >= 0.6 is 0 Å². The van der Waals surface area contributed by atoms with E-state index in [-0.39, 0.29) is 0 Å². The molecule has 0 amide bonds. The molecule has 0 radical (unpaired) electrons. The van der Waals surface area contributed by atoms with E-state index < -0.39 is 0 Å². The average molecular weight is 281 g/mol. The van der Waals surface area contributed by atoms with Crippen molar-refractivity contribution in [2.45, 2.75) is 19.8 Å². The molecule has 2 rings (SSSR count). The fraction of sp³-hybridized carbons (Fsp3) is 0.278. The normalized spacial score (nSPS) is 9.90. The smallest absolute Gasteiger partial charge is 0.120 e.